The molecule has 0 bridgehead atoms. The highest BCUT2D eigenvalue weighted by Gasteiger charge is 2.18. The molecule has 4 nitrogen and oxygen atoms in total. The fourth-order valence-corrected chi connectivity index (χ4v) is 2.79. The van der Waals surface area contributed by atoms with Gasteiger partial charge in [0.1, 0.15) is 11.6 Å². The van der Waals surface area contributed by atoms with Crippen LogP contribution in [0.15, 0.2) is 30.5 Å². The van der Waals surface area contributed by atoms with Crippen molar-refractivity contribution in [3.63, 3.8) is 0 Å². The van der Waals surface area contributed by atoms with E-state index in [1.165, 1.54) is 10.8 Å². The Balaban J connectivity index is 1.92. The number of likely N-dealkylation sites (N-methyl/N-ethyl adjacent to an activating group) is 1. The molecule has 1 fully saturated rings. The fraction of sp³-hybridized carbons (Fsp3) is 0.438. The summed E-state index contributed by atoms with van der Waals surface area (Å²) in [6.45, 7) is 7.68. The van der Waals surface area contributed by atoms with Crippen molar-refractivity contribution < 1.29 is 4.74 Å². The minimum Gasteiger partial charge on any atom is -0.497 e. The van der Waals surface area contributed by atoms with Crippen LogP contribution >= 0.6 is 0 Å². The summed E-state index contributed by atoms with van der Waals surface area (Å²) in [6.07, 6.45) is 1.89. The predicted octanol–water partition coefficient (Wildman–Crippen LogP) is 2.39. The van der Waals surface area contributed by atoms with Gasteiger partial charge in [-0.2, -0.15) is 0 Å². The Hall–Kier alpha value is -1.81. The molecule has 20 heavy (non-hydrogen) atoms. The Bertz CT molecular complexity index is 591. The zero-order valence-electron chi connectivity index (χ0n) is 12.2. The standard InChI is InChI=1S/C16H21N3O/c1-3-18-8-10-19(11-9-18)16-15-5-4-14(20-2)12-13(15)6-7-17-16/h4-7,12H,3,8-11H2,1-2H3. The van der Waals surface area contributed by atoms with E-state index < -0.39 is 0 Å². The van der Waals surface area contributed by atoms with Crippen molar-refractivity contribution in [3.05, 3.63) is 30.5 Å². The lowest BCUT2D eigenvalue weighted by molar-refractivity contribution is 0.271. The maximum atomic E-state index is 5.30. The van der Waals surface area contributed by atoms with Gasteiger partial charge in [-0.1, -0.05) is 6.92 Å². The number of pyridine rings is 1. The number of methoxy groups -OCH3 is 1. The zero-order chi connectivity index (χ0) is 13.9. The average molecular weight is 271 g/mol. The molecule has 2 heterocycles. The second-order valence-corrected chi connectivity index (χ2v) is 5.14. The van der Waals surface area contributed by atoms with Crippen LogP contribution in [-0.2, 0) is 0 Å². The highest BCUT2D eigenvalue weighted by molar-refractivity contribution is 5.93. The van der Waals surface area contributed by atoms with E-state index in [0.29, 0.717) is 0 Å². The van der Waals surface area contributed by atoms with Gasteiger partial charge in [-0.15, -0.1) is 0 Å². The molecule has 0 radical (unpaired) electrons. The van der Waals surface area contributed by atoms with Gasteiger partial charge >= 0.3 is 0 Å². The first-order chi connectivity index (χ1) is 9.81. The monoisotopic (exact) mass is 271 g/mol. The van der Waals surface area contributed by atoms with E-state index in [1.807, 2.05) is 18.3 Å². The van der Waals surface area contributed by atoms with Gasteiger partial charge in [0.2, 0.25) is 0 Å². The number of aromatic nitrogens is 1. The molecule has 4 heteroatoms. The molecule has 0 aliphatic carbocycles. The van der Waals surface area contributed by atoms with Crippen molar-refractivity contribution in [2.45, 2.75) is 6.92 Å². The first-order valence-corrected chi connectivity index (χ1v) is 7.22. The molecule has 1 aromatic heterocycles. The van der Waals surface area contributed by atoms with E-state index in [4.69, 9.17) is 4.74 Å². The molecule has 106 valence electrons. The van der Waals surface area contributed by atoms with Crippen LogP contribution in [0.2, 0.25) is 0 Å². The van der Waals surface area contributed by atoms with Crippen LogP contribution in [-0.4, -0.2) is 49.7 Å². The molecule has 1 aromatic carbocycles. The Morgan fingerprint density at radius 3 is 2.65 bits per heavy atom. The Morgan fingerprint density at radius 1 is 1.15 bits per heavy atom. The molecular formula is C16H21N3O. The van der Waals surface area contributed by atoms with Crippen LogP contribution in [0.3, 0.4) is 0 Å². The lowest BCUT2D eigenvalue weighted by Gasteiger charge is -2.35. The third-order valence-electron chi connectivity index (χ3n) is 4.07. The summed E-state index contributed by atoms with van der Waals surface area (Å²) in [5, 5.41) is 2.39. The maximum Gasteiger partial charge on any atom is 0.136 e. The van der Waals surface area contributed by atoms with Crippen LogP contribution in [0.4, 0.5) is 5.82 Å². The molecule has 1 aliphatic heterocycles. The molecular weight excluding hydrogens is 250 g/mol. The van der Waals surface area contributed by atoms with Gasteiger partial charge < -0.3 is 14.5 Å². The zero-order valence-corrected chi connectivity index (χ0v) is 12.2. The van der Waals surface area contributed by atoms with Gasteiger partial charge in [-0.25, -0.2) is 4.98 Å². The number of hydrogen-bond acceptors (Lipinski definition) is 4. The van der Waals surface area contributed by atoms with Crippen molar-refractivity contribution in [2.24, 2.45) is 0 Å². The summed E-state index contributed by atoms with van der Waals surface area (Å²) in [5.74, 6) is 1.99. The normalized spacial score (nSPS) is 16.6. The van der Waals surface area contributed by atoms with Gasteiger partial charge in [-0.05, 0) is 36.2 Å². The van der Waals surface area contributed by atoms with Crippen LogP contribution in [0.1, 0.15) is 6.92 Å². The topological polar surface area (TPSA) is 28.6 Å². The van der Waals surface area contributed by atoms with Gasteiger partial charge in [0.05, 0.1) is 7.11 Å². The van der Waals surface area contributed by atoms with E-state index in [0.717, 1.165) is 44.3 Å². The Morgan fingerprint density at radius 2 is 1.95 bits per heavy atom. The van der Waals surface area contributed by atoms with E-state index in [2.05, 4.69) is 33.8 Å². The number of rotatable bonds is 3. The summed E-state index contributed by atoms with van der Waals surface area (Å²) in [6, 6.07) is 8.24. The lowest BCUT2D eigenvalue weighted by Crippen LogP contribution is -2.46. The maximum absolute atomic E-state index is 5.30. The van der Waals surface area contributed by atoms with Gasteiger partial charge in [0.15, 0.2) is 0 Å². The van der Waals surface area contributed by atoms with Gasteiger partial charge in [0.25, 0.3) is 0 Å². The summed E-state index contributed by atoms with van der Waals surface area (Å²) in [4.78, 5) is 9.47. The molecule has 1 aliphatic rings. The third-order valence-corrected chi connectivity index (χ3v) is 4.07. The van der Waals surface area contributed by atoms with E-state index in [1.54, 1.807) is 7.11 Å². The molecule has 2 aromatic rings. The number of hydrogen-bond donors (Lipinski definition) is 0. The minimum atomic E-state index is 0.894. The minimum absolute atomic E-state index is 0.894. The first kappa shape index (κ1) is 13.2. The molecule has 0 N–H and O–H groups in total. The molecule has 0 saturated carbocycles. The van der Waals surface area contributed by atoms with Crippen molar-refractivity contribution in [2.75, 3.05) is 44.7 Å². The highest BCUT2D eigenvalue weighted by atomic mass is 16.5. The van der Waals surface area contributed by atoms with Crippen molar-refractivity contribution in [3.8, 4) is 5.75 Å². The smallest absolute Gasteiger partial charge is 0.136 e. The number of piperazine rings is 1. The SMILES string of the molecule is CCN1CCN(c2nccc3cc(OC)ccc23)CC1. The summed E-state index contributed by atoms with van der Waals surface area (Å²) >= 11 is 0. The van der Waals surface area contributed by atoms with E-state index >= 15 is 0 Å². The van der Waals surface area contributed by atoms with Crippen molar-refractivity contribution in [1.29, 1.82) is 0 Å². The predicted molar refractivity (Wildman–Crippen MR) is 82.6 cm³/mol. The second kappa shape index (κ2) is 5.67. The average Bonchev–Trinajstić information content (AvgIpc) is 2.54. The molecule has 0 atom stereocenters. The third kappa shape index (κ3) is 2.43. The van der Waals surface area contributed by atoms with Crippen molar-refractivity contribution >= 4 is 16.6 Å². The van der Waals surface area contributed by atoms with Crippen LogP contribution < -0.4 is 9.64 Å². The summed E-state index contributed by atoms with van der Waals surface area (Å²) < 4.78 is 5.30. The molecule has 0 unspecified atom stereocenters. The first-order valence-electron chi connectivity index (χ1n) is 7.22. The van der Waals surface area contributed by atoms with E-state index in [-0.39, 0.29) is 0 Å². The van der Waals surface area contributed by atoms with Crippen LogP contribution in [0, 0.1) is 0 Å². The van der Waals surface area contributed by atoms with Gasteiger partial charge in [-0.3, -0.25) is 0 Å². The molecule has 0 spiro atoms. The number of nitrogens with zero attached hydrogens (tertiary/aromatic N) is 3. The van der Waals surface area contributed by atoms with Crippen molar-refractivity contribution in [1.82, 2.24) is 9.88 Å². The summed E-state index contributed by atoms with van der Waals surface area (Å²) in [7, 11) is 1.70. The lowest BCUT2D eigenvalue weighted by atomic mass is 10.1. The number of fused-ring (bicyclic) bond motifs is 1. The quantitative estimate of drug-likeness (QED) is 0.857. The largest absolute Gasteiger partial charge is 0.497 e. The number of anilines is 1. The Kier molecular flexibility index (Phi) is 3.74. The molecule has 3 rings (SSSR count). The van der Waals surface area contributed by atoms with Gasteiger partial charge in [0, 0.05) is 37.8 Å². The fourth-order valence-electron chi connectivity index (χ4n) is 2.79. The second-order valence-electron chi connectivity index (χ2n) is 5.14. The van der Waals surface area contributed by atoms with Crippen LogP contribution in [0.25, 0.3) is 10.8 Å². The highest BCUT2D eigenvalue weighted by Crippen LogP contribution is 2.28. The number of benzene rings is 1. The molecule has 0 amide bonds. The number of ether oxygens (including phenoxy) is 1. The summed E-state index contributed by atoms with van der Waals surface area (Å²) in [5.41, 5.74) is 0. The Labute approximate surface area is 120 Å². The molecule has 1 saturated heterocycles. The van der Waals surface area contributed by atoms with E-state index in [9.17, 15) is 0 Å². The van der Waals surface area contributed by atoms with Crippen LogP contribution in [0.5, 0.6) is 5.75 Å².